The van der Waals surface area contributed by atoms with Crippen LogP contribution in [0.2, 0.25) is 0 Å². The van der Waals surface area contributed by atoms with Crippen molar-refractivity contribution in [3.05, 3.63) is 46.6 Å². The molecule has 1 aromatic heterocycles. The van der Waals surface area contributed by atoms with Crippen LogP contribution in [0.15, 0.2) is 24.3 Å². The molecule has 2 heterocycles. The van der Waals surface area contributed by atoms with Crippen LogP contribution < -0.4 is 15.8 Å². The van der Waals surface area contributed by atoms with Crippen molar-refractivity contribution in [2.75, 3.05) is 6.61 Å². The van der Waals surface area contributed by atoms with Gasteiger partial charge in [0, 0.05) is 24.1 Å². The zero-order valence-corrected chi connectivity index (χ0v) is 23.6. The van der Waals surface area contributed by atoms with E-state index in [0.717, 1.165) is 34.1 Å². The smallest absolute Gasteiger partial charge is 0.242 e. The fourth-order valence-electron chi connectivity index (χ4n) is 4.34. The van der Waals surface area contributed by atoms with E-state index in [1.165, 1.54) is 0 Å². The standard InChI is InChI=1S/C27H40N4O7S/c1-14(2)20-17(24(31-30-20)38-25-23(36)22(35)21(34)18(13-32)39-25)12-16-10-8-15(9-11-16)6-5-7-19(33)29-27(3,4)26(28)37/h8-11,14,18,21-23,25,32,34-36H,5-7,12-13H2,1-4H3,(H2,28,37)(H,29,33)(H,30,31)/t18-,21-,22?,23-,25-/m1/s1. The number of hydrogen-bond acceptors (Lipinski definition) is 9. The highest BCUT2D eigenvalue weighted by atomic mass is 32.2. The summed E-state index contributed by atoms with van der Waals surface area (Å²) in [5.74, 6) is -0.392. The van der Waals surface area contributed by atoms with Crippen molar-refractivity contribution in [1.29, 1.82) is 0 Å². The summed E-state index contributed by atoms with van der Waals surface area (Å²) in [4.78, 5) is 23.5. The van der Waals surface area contributed by atoms with E-state index in [9.17, 15) is 30.0 Å². The Morgan fingerprint density at radius 2 is 1.77 bits per heavy atom. The lowest BCUT2D eigenvalue weighted by molar-refractivity contribution is -0.130. The number of ether oxygens (including phenoxy) is 1. The van der Waals surface area contributed by atoms with Crippen molar-refractivity contribution >= 4 is 23.6 Å². The average Bonchev–Trinajstić information content (AvgIpc) is 3.27. The van der Waals surface area contributed by atoms with Gasteiger partial charge in [-0.2, -0.15) is 0 Å². The number of carbonyl (C=O) groups is 2. The van der Waals surface area contributed by atoms with E-state index in [-0.39, 0.29) is 24.9 Å². The molecule has 1 aliphatic heterocycles. The number of benzene rings is 1. The fraction of sp³-hybridized carbons (Fsp3) is 0.593. The molecule has 1 saturated heterocycles. The van der Waals surface area contributed by atoms with Gasteiger partial charge in [0.2, 0.25) is 17.7 Å². The summed E-state index contributed by atoms with van der Waals surface area (Å²) in [6.45, 7) is 6.82. The van der Waals surface area contributed by atoms with Crippen molar-refractivity contribution in [2.24, 2.45) is 5.73 Å². The molecule has 12 heteroatoms. The zero-order chi connectivity index (χ0) is 28.9. The van der Waals surface area contributed by atoms with Gasteiger partial charge >= 0.3 is 0 Å². The molecule has 216 valence electrons. The third-order valence-corrected chi connectivity index (χ3v) is 8.28. The highest BCUT2D eigenvalue weighted by molar-refractivity contribution is 8.00. The number of nitrogens with two attached hydrogens (primary N) is 1. The Bertz CT molecular complexity index is 1120. The van der Waals surface area contributed by atoms with Gasteiger partial charge in [-0.05, 0) is 43.7 Å². The summed E-state index contributed by atoms with van der Waals surface area (Å²) in [6, 6.07) is 8.00. The van der Waals surface area contributed by atoms with E-state index in [2.05, 4.69) is 15.5 Å². The second-order valence-corrected chi connectivity index (χ2v) is 12.1. The van der Waals surface area contributed by atoms with Gasteiger partial charge in [-0.3, -0.25) is 14.7 Å². The number of aliphatic hydroxyl groups excluding tert-OH is 4. The van der Waals surface area contributed by atoms with Gasteiger partial charge in [0.15, 0.2) is 5.44 Å². The number of amides is 2. The van der Waals surface area contributed by atoms with E-state index in [0.29, 0.717) is 25.1 Å². The molecule has 2 amide bonds. The van der Waals surface area contributed by atoms with Gasteiger partial charge in [0.05, 0.1) is 18.0 Å². The molecule has 0 spiro atoms. The van der Waals surface area contributed by atoms with Gasteiger partial charge in [-0.1, -0.05) is 38.1 Å². The number of carbonyl (C=O) groups excluding carboxylic acids is 2. The number of nitrogens with zero attached hydrogens (tertiary/aromatic N) is 1. The number of hydrogen-bond donors (Lipinski definition) is 7. The quantitative estimate of drug-likeness (QED) is 0.195. The molecular weight excluding hydrogens is 524 g/mol. The molecule has 39 heavy (non-hydrogen) atoms. The molecule has 0 aliphatic carbocycles. The third-order valence-electron chi connectivity index (χ3n) is 6.86. The number of aliphatic hydroxyl groups is 4. The number of H-pyrrole nitrogens is 1. The molecule has 1 aliphatic rings. The van der Waals surface area contributed by atoms with E-state index < -0.39 is 40.4 Å². The first-order valence-electron chi connectivity index (χ1n) is 13.1. The molecule has 1 aromatic carbocycles. The average molecular weight is 565 g/mol. The number of aromatic nitrogens is 2. The first kappa shape index (κ1) is 30.9. The number of thioether (sulfide) groups is 1. The molecule has 0 bridgehead atoms. The van der Waals surface area contributed by atoms with Crippen molar-refractivity contribution in [2.45, 2.75) is 93.8 Å². The maximum absolute atomic E-state index is 12.1. The van der Waals surface area contributed by atoms with Crippen LogP contribution in [0.5, 0.6) is 5.88 Å². The lowest BCUT2D eigenvalue weighted by Gasteiger charge is -2.38. The molecule has 11 nitrogen and oxygen atoms in total. The zero-order valence-electron chi connectivity index (χ0n) is 22.8. The number of rotatable bonds is 12. The Kier molecular flexibility index (Phi) is 10.4. The molecule has 8 N–H and O–H groups in total. The largest absolute Gasteiger partial charge is 0.459 e. The van der Waals surface area contributed by atoms with Crippen molar-refractivity contribution in [3.8, 4) is 5.88 Å². The Hall–Kier alpha value is -2.64. The monoisotopic (exact) mass is 564 g/mol. The number of aromatic amines is 1. The molecule has 2 aromatic rings. The summed E-state index contributed by atoms with van der Waals surface area (Å²) >= 11 is 1.06. The lowest BCUT2D eigenvalue weighted by atomic mass is 9.98. The highest BCUT2D eigenvalue weighted by Crippen LogP contribution is 2.36. The van der Waals surface area contributed by atoms with Crippen LogP contribution in [0.25, 0.3) is 0 Å². The second kappa shape index (κ2) is 13.1. The van der Waals surface area contributed by atoms with Crippen LogP contribution in [0.1, 0.15) is 68.8 Å². The normalized spacial score (nSPS) is 23.6. The van der Waals surface area contributed by atoms with Crippen LogP contribution in [0.3, 0.4) is 0 Å². The van der Waals surface area contributed by atoms with Crippen molar-refractivity contribution < 1.29 is 34.8 Å². The molecular formula is C27H40N4O7S. The summed E-state index contributed by atoms with van der Waals surface area (Å²) in [7, 11) is 0. The van der Waals surface area contributed by atoms with Gasteiger partial charge in [0.1, 0.15) is 17.7 Å². The molecule has 0 saturated carbocycles. The summed E-state index contributed by atoms with van der Waals surface area (Å²) in [6.07, 6.45) is -1.98. The van der Waals surface area contributed by atoms with E-state index in [4.69, 9.17) is 10.5 Å². The number of nitrogens with one attached hydrogen (secondary N) is 2. The fourth-order valence-corrected chi connectivity index (χ4v) is 5.56. The summed E-state index contributed by atoms with van der Waals surface area (Å²) < 4.78 is 6.02. The maximum Gasteiger partial charge on any atom is 0.242 e. The van der Waals surface area contributed by atoms with Gasteiger partial charge in [-0.25, -0.2) is 0 Å². The van der Waals surface area contributed by atoms with E-state index in [1.54, 1.807) is 13.8 Å². The summed E-state index contributed by atoms with van der Waals surface area (Å²) in [5, 5.41) is 49.6. The van der Waals surface area contributed by atoms with Crippen molar-refractivity contribution in [1.82, 2.24) is 15.5 Å². The predicted octanol–water partition coefficient (Wildman–Crippen LogP) is 0.722. The Morgan fingerprint density at radius 1 is 1.13 bits per heavy atom. The first-order valence-corrected chi connectivity index (χ1v) is 14.0. The lowest BCUT2D eigenvalue weighted by Crippen LogP contribution is -2.55. The molecule has 1 fully saturated rings. The topological polar surface area (TPSA) is 191 Å². The minimum Gasteiger partial charge on any atom is -0.459 e. The molecule has 5 atom stereocenters. The Balaban J connectivity index is 1.65. The minimum atomic E-state index is -1.45. The number of primary amides is 1. The van der Waals surface area contributed by atoms with E-state index >= 15 is 0 Å². The molecule has 1 unspecified atom stereocenters. The van der Waals surface area contributed by atoms with Gasteiger partial charge in [-0.15, -0.1) is 16.9 Å². The third kappa shape index (κ3) is 7.73. The Labute approximate surface area is 232 Å². The number of aryl methyl sites for hydroxylation is 1. The maximum atomic E-state index is 12.1. The summed E-state index contributed by atoms with van der Waals surface area (Å²) in [5.41, 5.74) is 7.08. The predicted molar refractivity (Wildman–Crippen MR) is 147 cm³/mol. The SMILES string of the molecule is CC(C)c1[nH]nc(O[C@@H]2S[C@H](CO)[C@@H](O)C(O)[C@H]2O)c1Cc1ccc(CCCC(=O)NC(C)(C)C(N)=O)cc1. The Morgan fingerprint density at radius 3 is 2.36 bits per heavy atom. The van der Waals surface area contributed by atoms with Crippen LogP contribution in [0.4, 0.5) is 0 Å². The van der Waals surface area contributed by atoms with Crippen LogP contribution in [0, 0.1) is 0 Å². The highest BCUT2D eigenvalue weighted by Gasteiger charge is 2.45. The van der Waals surface area contributed by atoms with Crippen LogP contribution >= 0.6 is 11.8 Å². The molecule has 3 rings (SSSR count). The van der Waals surface area contributed by atoms with Crippen molar-refractivity contribution in [3.63, 3.8) is 0 Å². The second-order valence-electron chi connectivity index (χ2n) is 10.8. The first-order chi connectivity index (χ1) is 18.3. The van der Waals surface area contributed by atoms with Crippen LogP contribution in [-0.2, 0) is 22.4 Å². The van der Waals surface area contributed by atoms with E-state index in [1.807, 2.05) is 38.1 Å². The van der Waals surface area contributed by atoms with Gasteiger partial charge < -0.3 is 36.2 Å². The van der Waals surface area contributed by atoms with Gasteiger partial charge in [0.25, 0.3) is 0 Å². The van der Waals surface area contributed by atoms with Crippen LogP contribution in [-0.4, -0.2) is 83.6 Å². The molecule has 0 radical (unpaired) electrons. The minimum absolute atomic E-state index is 0.122.